The summed E-state index contributed by atoms with van der Waals surface area (Å²) in [5.41, 5.74) is 5.15. The van der Waals surface area contributed by atoms with Crippen LogP contribution in [-0.4, -0.2) is 24.8 Å². The second kappa shape index (κ2) is 7.93. The Bertz CT molecular complexity index is 1560. The van der Waals surface area contributed by atoms with E-state index in [9.17, 15) is 0 Å². The highest BCUT2D eigenvalue weighted by atomic mass is 79.9. The van der Waals surface area contributed by atoms with E-state index in [4.69, 9.17) is 10.1 Å². The predicted molar refractivity (Wildman–Crippen MR) is 132 cm³/mol. The van der Waals surface area contributed by atoms with Crippen molar-refractivity contribution in [2.45, 2.75) is 6.42 Å². The van der Waals surface area contributed by atoms with Crippen LogP contribution in [0.25, 0.3) is 37.7 Å². The van der Waals surface area contributed by atoms with Crippen LogP contribution in [0.3, 0.4) is 0 Å². The lowest BCUT2D eigenvalue weighted by molar-refractivity contribution is 0.854. The lowest BCUT2D eigenvalue weighted by Gasteiger charge is -2.08. The van der Waals surface area contributed by atoms with Gasteiger partial charge in [-0.1, -0.05) is 87.9 Å². The molecular weight excluding hydrogens is 482 g/mol. The summed E-state index contributed by atoms with van der Waals surface area (Å²) >= 11 is 5.15. The lowest BCUT2D eigenvalue weighted by Crippen LogP contribution is -1.98. The number of benzene rings is 3. The van der Waals surface area contributed by atoms with Crippen molar-refractivity contribution in [2.24, 2.45) is 0 Å². The van der Waals surface area contributed by atoms with E-state index in [0.29, 0.717) is 6.42 Å². The van der Waals surface area contributed by atoms with Crippen molar-refractivity contribution in [1.29, 1.82) is 0 Å². The Morgan fingerprint density at radius 3 is 2.44 bits per heavy atom. The lowest BCUT2D eigenvalue weighted by atomic mass is 10.0. The Balaban J connectivity index is 1.52. The maximum absolute atomic E-state index is 4.92. The number of halogens is 1. The first-order chi connectivity index (χ1) is 15.7. The van der Waals surface area contributed by atoms with E-state index in [1.165, 1.54) is 5.56 Å². The van der Waals surface area contributed by atoms with Gasteiger partial charge < -0.3 is 0 Å². The fourth-order valence-corrected chi connectivity index (χ4v) is 5.04. The van der Waals surface area contributed by atoms with Gasteiger partial charge >= 0.3 is 0 Å². The summed E-state index contributed by atoms with van der Waals surface area (Å²) in [6.45, 7) is 0. The second-order valence-electron chi connectivity index (χ2n) is 7.46. The molecule has 154 valence electrons. The molecule has 5 nitrogen and oxygen atoms in total. The van der Waals surface area contributed by atoms with E-state index in [1.54, 1.807) is 11.3 Å². The third-order valence-electron chi connectivity index (χ3n) is 5.33. The van der Waals surface area contributed by atoms with Gasteiger partial charge in [-0.25, -0.2) is 4.98 Å². The number of nitrogens with zero attached hydrogens (tertiary/aromatic N) is 5. The highest BCUT2D eigenvalue weighted by Crippen LogP contribution is 2.35. The highest BCUT2D eigenvalue weighted by Gasteiger charge is 2.17. The number of fused-ring (bicyclic) bond motifs is 2. The van der Waals surface area contributed by atoms with Crippen LogP contribution >= 0.6 is 27.3 Å². The summed E-state index contributed by atoms with van der Waals surface area (Å²) in [5, 5.41) is 15.6. The van der Waals surface area contributed by atoms with E-state index in [0.717, 1.165) is 48.0 Å². The van der Waals surface area contributed by atoms with Gasteiger partial charge in [0.1, 0.15) is 5.01 Å². The Morgan fingerprint density at radius 1 is 0.844 bits per heavy atom. The molecule has 7 heteroatoms. The molecule has 0 saturated carbocycles. The summed E-state index contributed by atoms with van der Waals surface area (Å²) in [5.74, 6) is 0.830. The minimum absolute atomic E-state index is 0.684. The quantitative estimate of drug-likeness (QED) is 0.282. The average molecular weight is 498 g/mol. The molecule has 0 radical (unpaired) electrons. The van der Waals surface area contributed by atoms with Gasteiger partial charge in [0.05, 0.1) is 11.2 Å². The van der Waals surface area contributed by atoms with Crippen LogP contribution in [0.2, 0.25) is 0 Å². The second-order valence-corrected chi connectivity index (χ2v) is 9.33. The molecule has 6 aromatic rings. The third kappa shape index (κ3) is 3.49. The van der Waals surface area contributed by atoms with E-state index in [2.05, 4.69) is 62.5 Å². The number of aromatic nitrogens is 5. The van der Waals surface area contributed by atoms with Crippen LogP contribution in [0.4, 0.5) is 0 Å². The summed E-state index contributed by atoms with van der Waals surface area (Å²) in [6, 6.07) is 28.8. The Hall–Kier alpha value is -3.42. The van der Waals surface area contributed by atoms with Crippen molar-refractivity contribution in [3.8, 4) is 21.8 Å². The third-order valence-corrected chi connectivity index (χ3v) is 6.76. The van der Waals surface area contributed by atoms with Crippen LogP contribution in [0.1, 0.15) is 11.4 Å². The average Bonchev–Trinajstić information content (AvgIpc) is 3.41. The van der Waals surface area contributed by atoms with Crippen LogP contribution in [0, 0.1) is 0 Å². The molecule has 0 fully saturated rings. The SMILES string of the molecule is Brc1ccc2nc(-c3ccccc3)cc(-c3nn4c(Cc5ccccc5)nnc4s3)c2c1. The molecular formula is C25H16BrN5S. The van der Waals surface area contributed by atoms with Gasteiger partial charge in [-0.2, -0.15) is 9.61 Å². The Labute approximate surface area is 196 Å². The maximum atomic E-state index is 4.92. The molecule has 3 aromatic heterocycles. The molecule has 0 amide bonds. The van der Waals surface area contributed by atoms with E-state index < -0.39 is 0 Å². The fraction of sp³-hybridized carbons (Fsp3) is 0.0400. The first-order valence-corrected chi connectivity index (χ1v) is 11.8. The maximum Gasteiger partial charge on any atom is 0.234 e. The summed E-state index contributed by atoms with van der Waals surface area (Å²) in [4.78, 5) is 5.69. The molecule has 3 aromatic carbocycles. The number of rotatable bonds is 4. The van der Waals surface area contributed by atoms with Gasteiger partial charge in [0.2, 0.25) is 4.96 Å². The molecule has 0 saturated heterocycles. The normalized spacial score (nSPS) is 11.4. The van der Waals surface area contributed by atoms with Crippen molar-refractivity contribution >= 4 is 43.1 Å². The molecule has 0 spiro atoms. The van der Waals surface area contributed by atoms with E-state index in [-0.39, 0.29) is 0 Å². The molecule has 6 rings (SSSR count). The van der Waals surface area contributed by atoms with E-state index in [1.807, 2.05) is 53.0 Å². The van der Waals surface area contributed by atoms with Gasteiger partial charge in [-0.3, -0.25) is 0 Å². The van der Waals surface area contributed by atoms with Crippen molar-refractivity contribution in [2.75, 3.05) is 0 Å². The summed E-state index contributed by atoms with van der Waals surface area (Å²) in [6.07, 6.45) is 0.684. The zero-order valence-corrected chi connectivity index (χ0v) is 19.2. The van der Waals surface area contributed by atoms with Crippen molar-refractivity contribution in [1.82, 2.24) is 24.8 Å². The predicted octanol–water partition coefficient (Wildman–Crippen LogP) is 6.42. The van der Waals surface area contributed by atoms with Gasteiger partial charge in [0.25, 0.3) is 0 Å². The molecule has 3 heterocycles. The highest BCUT2D eigenvalue weighted by molar-refractivity contribution is 9.10. The van der Waals surface area contributed by atoms with E-state index >= 15 is 0 Å². The molecule has 0 atom stereocenters. The Kier molecular flexibility index (Phi) is 4.78. The summed E-state index contributed by atoms with van der Waals surface area (Å²) in [7, 11) is 0. The van der Waals surface area contributed by atoms with Crippen molar-refractivity contribution in [3.63, 3.8) is 0 Å². The fourth-order valence-electron chi connectivity index (χ4n) is 3.79. The minimum Gasteiger partial charge on any atom is -0.248 e. The molecule has 0 aliphatic rings. The molecule has 32 heavy (non-hydrogen) atoms. The Morgan fingerprint density at radius 2 is 1.62 bits per heavy atom. The van der Waals surface area contributed by atoms with Gasteiger partial charge in [-0.05, 0) is 29.8 Å². The van der Waals surface area contributed by atoms with Crippen LogP contribution in [0.5, 0.6) is 0 Å². The monoisotopic (exact) mass is 497 g/mol. The van der Waals surface area contributed by atoms with Gasteiger partial charge in [0.15, 0.2) is 5.82 Å². The van der Waals surface area contributed by atoms with Gasteiger partial charge in [0, 0.05) is 27.4 Å². The first kappa shape index (κ1) is 19.3. The number of hydrogen-bond acceptors (Lipinski definition) is 5. The zero-order valence-electron chi connectivity index (χ0n) is 16.8. The first-order valence-electron chi connectivity index (χ1n) is 10.2. The van der Waals surface area contributed by atoms with Crippen molar-refractivity contribution in [3.05, 3.63) is 101 Å². The molecule has 0 unspecified atom stereocenters. The summed E-state index contributed by atoms with van der Waals surface area (Å²) < 4.78 is 2.87. The van der Waals surface area contributed by atoms with Crippen LogP contribution < -0.4 is 0 Å². The van der Waals surface area contributed by atoms with Gasteiger partial charge in [-0.15, -0.1) is 10.2 Å². The molecule has 0 aliphatic heterocycles. The number of pyridine rings is 1. The zero-order chi connectivity index (χ0) is 21.5. The smallest absolute Gasteiger partial charge is 0.234 e. The molecule has 0 N–H and O–H groups in total. The molecule has 0 aliphatic carbocycles. The largest absolute Gasteiger partial charge is 0.248 e. The standard InChI is InChI=1S/C25H16BrN5S/c26-18-11-12-21-19(14-18)20(15-22(27-21)17-9-5-2-6-10-17)24-30-31-23(28-29-25(31)32-24)13-16-7-3-1-4-8-16/h1-12,14-15H,13H2. The topological polar surface area (TPSA) is 56.0 Å². The van der Waals surface area contributed by atoms with Crippen LogP contribution in [-0.2, 0) is 6.42 Å². The minimum atomic E-state index is 0.684. The van der Waals surface area contributed by atoms with Crippen LogP contribution in [0.15, 0.2) is 89.4 Å². The van der Waals surface area contributed by atoms with Crippen molar-refractivity contribution < 1.29 is 0 Å². The number of hydrogen-bond donors (Lipinski definition) is 0. The molecule has 0 bridgehead atoms.